The number of hydrogen-bond donors (Lipinski definition) is 1. The third-order valence-electron chi connectivity index (χ3n) is 2.05. The number of carboxylic acids is 1. The SMILES string of the molecule is CCCc1onc(C(=O)O)c1CCC. The Hall–Kier alpha value is -1.32. The molecular formula is C10H15NO3. The maximum Gasteiger partial charge on any atom is 0.358 e. The molecule has 1 aromatic heterocycles. The van der Waals surface area contributed by atoms with Crippen molar-refractivity contribution in [1.29, 1.82) is 0 Å². The summed E-state index contributed by atoms with van der Waals surface area (Å²) in [5.41, 5.74) is 0.845. The second kappa shape index (κ2) is 4.79. The highest BCUT2D eigenvalue weighted by Crippen LogP contribution is 2.17. The Morgan fingerprint density at radius 1 is 1.36 bits per heavy atom. The lowest BCUT2D eigenvalue weighted by Gasteiger charge is -1.97. The zero-order chi connectivity index (χ0) is 10.6. The van der Waals surface area contributed by atoms with Gasteiger partial charge in [-0.05, 0) is 12.8 Å². The summed E-state index contributed by atoms with van der Waals surface area (Å²) in [6.45, 7) is 4.03. The minimum Gasteiger partial charge on any atom is -0.476 e. The van der Waals surface area contributed by atoms with Crippen LogP contribution in [-0.2, 0) is 12.8 Å². The van der Waals surface area contributed by atoms with Crippen LogP contribution in [0.3, 0.4) is 0 Å². The number of carbonyl (C=O) groups is 1. The van der Waals surface area contributed by atoms with Gasteiger partial charge in [-0.25, -0.2) is 4.79 Å². The van der Waals surface area contributed by atoms with Gasteiger partial charge in [0.2, 0.25) is 0 Å². The average Bonchev–Trinajstić information content (AvgIpc) is 2.50. The Bertz CT molecular complexity index is 317. The van der Waals surface area contributed by atoms with E-state index in [1.54, 1.807) is 0 Å². The first-order valence-corrected chi connectivity index (χ1v) is 4.91. The van der Waals surface area contributed by atoms with Gasteiger partial charge in [-0.1, -0.05) is 25.4 Å². The molecule has 0 fully saturated rings. The molecule has 1 heterocycles. The lowest BCUT2D eigenvalue weighted by molar-refractivity contribution is 0.0684. The van der Waals surface area contributed by atoms with Gasteiger partial charge in [0.1, 0.15) is 5.76 Å². The van der Waals surface area contributed by atoms with Crippen molar-refractivity contribution in [2.45, 2.75) is 39.5 Å². The molecule has 0 bridgehead atoms. The second-order valence-electron chi connectivity index (χ2n) is 3.24. The van der Waals surface area contributed by atoms with Crippen LogP contribution in [0.25, 0.3) is 0 Å². The summed E-state index contributed by atoms with van der Waals surface area (Å²) in [6.07, 6.45) is 3.32. The van der Waals surface area contributed by atoms with E-state index in [1.807, 2.05) is 13.8 Å². The Morgan fingerprint density at radius 3 is 2.50 bits per heavy atom. The summed E-state index contributed by atoms with van der Waals surface area (Å²) in [4.78, 5) is 10.8. The lowest BCUT2D eigenvalue weighted by atomic mass is 10.1. The van der Waals surface area contributed by atoms with Crippen LogP contribution in [0, 0.1) is 0 Å². The molecule has 14 heavy (non-hydrogen) atoms. The van der Waals surface area contributed by atoms with Crippen molar-refractivity contribution in [3.63, 3.8) is 0 Å². The summed E-state index contributed by atoms with van der Waals surface area (Å²) in [5, 5.41) is 12.4. The van der Waals surface area contributed by atoms with Gasteiger partial charge < -0.3 is 9.63 Å². The number of carboxylic acid groups (broad SMARTS) is 1. The first kappa shape index (κ1) is 10.8. The summed E-state index contributed by atoms with van der Waals surface area (Å²) in [5.74, 6) is -0.272. The van der Waals surface area contributed by atoms with E-state index in [2.05, 4.69) is 5.16 Å². The van der Waals surface area contributed by atoms with E-state index in [-0.39, 0.29) is 5.69 Å². The molecule has 78 valence electrons. The van der Waals surface area contributed by atoms with Crippen molar-refractivity contribution in [3.8, 4) is 0 Å². The summed E-state index contributed by atoms with van der Waals surface area (Å²) >= 11 is 0. The van der Waals surface area contributed by atoms with Crippen molar-refractivity contribution in [1.82, 2.24) is 5.16 Å². The van der Waals surface area contributed by atoms with Gasteiger partial charge in [0.25, 0.3) is 0 Å². The van der Waals surface area contributed by atoms with E-state index in [1.165, 1.54) is 0 Å². The predicted molar refractivity (Wildman–Crippen MR) is 51.5 cm³/mol. The predicted octanol–water partition coefficient (Wildman–Crippen LogP) is 2.28. The van der Waals surface area contributed by atoms with Gasteiger partial charge in [-0.15, -0.1) is 0 Å². The molecule has 4 nitrogen and oxygen atoms in total. The third kappa shape index (κ3) is 2.13. The molecule has 4 heteroatoms. The number of aromatic nitrogens is 1. The first-order valence-electron chi connectivity index (χ1n) is 4.91. The lowest BCUT2D eigenvalue weighted by Crippen LogP contribution is -2.02. The molecule has 0 spiro atoms. The average molecular weight is 197 g/mol. The van der Waals surface area contributed by atoms with Crippen LogP contribution in [0.5, 0.6) is 0 Å². The number of hydrogen-bond acceptors (Lipinski definition) is 3. The van der Waals surface area contributed by atoms with Gasteiger partial charge in [-0.2, -0.15) is 0 Å². The minimum atomic E-state index is -1.00. The van der Waals surface area contributed by atoms with Gasteiger partial charge in [-0.3, -0.25) is 0 Å². The fourth-order valence-corrected chi connectivity index (χ4v) is 1.44. The van der Waals surface area contributed by atoms with Crippen molar-refractivity contribution in [2.75, 3.05) is 0 Å². The van der Waals surface area contributed by atoms with Crippen molar-refractivity contribution in [3.05, 3.63) is 17.0 Å². The highest BCUT2D eigenvalue weighted by Gasteiger charge is 2.19. The smallest absolute Gasteiger partial charge is 0.358 e. The molecule has 0 aliphatic rings. The van der Waals surface area contributed by atoms with Gasteiger partial charge in [0, 0.05) is 12.0 Å². The summed E-state index contributed by atoms with van der Waals surface area (Å²) in [6, 6.07) is 0. The Balaban J connectivity index is 3.00. The number of nitrogens with zero attached hydrogens (tertiary/aromatic N) is 1. The molecule has 0 aliphatic heterocycles. The quantitative estimate of drug-likeness (QED) is 0.786. The molecule has 1 N–H and O–H groups in total. The Kier molecular flexibility index (Phi) is 3.68. The zero-order valence-electron chi connectivity index (χ0n) is 8.54. The number of rotatable bonds is 5. The highest BCUT2D eigenvalue weighted by molar-refractivity contribution is 5.87. The Morgan fingerprint density at radius 2 is 2.00 bits per heavy atom. The highest BCUT2D eigenvalue weighted by atomic mass is 16.5. The second-order valence-corrected chi connectivity index (χ2v) is 3.24. The van der Waals surface area contributed by atoms with Crippen molar-refractivity contribution >= 4 is 5.97 Å². The molecule has 1 aromatic rings. The van der Waals surface area contributed by atoms with E-state index < -0.39 is 5.97 Å². The van der Waals surface area contributed by atoms with Gasteiger partial charge in [0.05, 0.1) is 0 Å². The van der Waals surface area contributed by atoms with Crippen LogP contribution in [-0.4, -0.2) is 16.2 Å². The van der Waals surface area contributed by atoms with Crippen molar-refractivity contribution in [2.24, 2.45) is 0 Å². The maximum absolute atomic E-state index is 10.8. The zero-order valence-corrected chi connectivity index (χ0v) is 8.54. The normalized spacial score (nSPS) is 10.4. The van der Waals surface area contributed by atoms with Crippen molar-refractivity contribution < 1.29 is 14.4 Å². The molecule has 0 aromatic carbocycles. The van der Waals surface area contributed by atoms with E-state index in [0.717, 1.165) is 37.0 Å². The molecule has 0 atom stereocenters. The minimum absolute atomic E-state index is 0.0790. The van der Waals surface area contributed by atoms with Gasteiger partial charge >= 0.3 is 5.97 Å². The number of aromatic carboxylic acids is 1. The van der Waals surface area contributed by atoms with Crippen LogP contribution in [0.15, 0.2) is 4.52 Å². The van der Waals surface area contributed by atoms with E-state index >= 15 is 0 Å². The molecule has 0 unspecified atom stereocenters. The standard InChI is InChI=1S/C10H15NO3/c1-3-5-7-8(6-4-2)14-11-9(7)10(12)13/h3-6H2,1-2H3,(H,12,13). The van der Waals surface area contributed by atoms with E-state index in [4.69, 9.17) is 9.63 Å². The van der Waals surface area contributed by atoms with Crippen LogP contribution < -0.4 is 0 Å². The Labute approximate surface area is 82.9 Å². The summed E-state index contributed by atoms with van der Waals surface area (Å²) in [7, 11) is 0. The van der Waals surface area contributed by atoms with Crippen LogP contribution in [0.4, 0.5) is 0 Å². The van der Waals surface area contributed by atoms with E-state index in [9.17, 15) is 4.79 Å². The molecule has 1 rings (SSSR count). The maximum atomic E-state index is 10.8. The fourth-order valence-electron chi connectivity index (χ4n) is 1.44. The first-order chi connectivity index (χ1) is 6.70. The summed E-state index contributed by atoms with van der Waals surface area (Å²) < 4.78 is 5.02. The topological polar surface area (TPSA) is 63.3 Å². The monoisotopic (exact) mass is 197 g/mol. The fraction of sp³-hybridized carbons (Fsp3) is 0.600. The largest absolute Gasteiger partial charge is 0.476 e. The molecule has 0 saturated carbocycles. The van der Waals surface area contributed by atoms with Crippen LogP contribution >= 0.6 is 0 Å². The van der Waals surface area contributed by atoms with Crippen LogP contribution in [0.1, 0.15) is 48.5 Å². The molecule has 0 aliphatic carbocycles. The third-order valence-corrected chi connectivity index (χ3v) is 2.05. The molecule has 0 amide bonds. The molecular weight excluding hydrogens is 182 g/mol. The van der Waals surface area contributed by atoms with Crippen LogP contribution in [0.2, 0.25) is 0 Å². The number of aryl methyl sites for hydroxylation is 1. The van der Waals surface area contributed by atoms with E-state index in [0.29, 0.717) is 0 Å². The molecule has 0 radical (unpaired) electrons. The van der Waals surface area contributed by atoms with Gasteiger partial charge in [0.15, 0.2) is 5.69 Å². The molecule has 0 saturated heterocycles.